The molecule has 0 atom stereocenters. The van der Waals surface area contributed by atoms with Crippen molar-refractivity contribution in [3.63, 3.8) is 0 Å². The molecule has 4 heteroatoms. The minimum atomic E-state index is -0.903. The Kier molecular flexibility index (Phi) is 3.77. The smallest absolute Gasteiger partial charge is 0.162 e. The maximum absolute atomic E-state index is 14.2. The first-order valence-electron chi connectivity index (χ1n) is 7.17. The number of hydrogen-bond donors (Lipinski definition) is 0. The minimum Gasteiger partial charge on any atom is -0.206 e. The van der Waals surface area contributed by atoms with E-state index in [0.717, 1.165) is 6.07 Å². The van der Waals surface area contributed by atoms with Gasteiger partial charge < -0.3 is 0 Å². The Morgan fingerprint density at radius 2 is 1.59 bits per heavy atom. The van der Waals surface area contributed by atoms with Gasteiger partial charge in [-0.15, -0.1) is 0 Å². The summed E-state index contributed by atoms with van der Waals surface area (Å²) < 4.78 is 55.3. The topological polar surface area (TPSA) is 0 Å². The molecule has 0 amide bonds. The van der Waals surface area contributed by atoms with Crippen molar-refractivity contribution >= 4 is 11.6 Å². The van der Waals surface area contributed by atoms with Crippen LogP contribution >= 0.6 is 0 Å². The molecule has 0 radical (unpaired) electrons. The molecule has 0 nitrogen and oxygen atoms in total. The van der Waals surface area contributed by atoms with E-state index in [1.54, 1.807) is 0 Å². The molecule has 22 heavy (non-hydrogen) atoms. The quantitative estimate of drug-likeness (QED) is 0.661. The SMILES string of the molecule is CCc1cc(F)c(C2=Cc3ccc(F)c(F)c3CC2)c(F)c1. The fourth-order valence-electron chi connectivity index (χ4n) is 2.85. The van der Waals surface area contributed by atoms with Gasteiger partial charge in [0.15, 0.2) is 11.6 Å². The maximum atomic E-state index is 14.2. The number of hydrogen-bond acceptors (Lipinski definition) is 0. The van der Waals surface area contributed by atoms with Gasteiger partial charge in [0.2, 0.25) is 0 Å². The highest BCUT2D eigenvalue weighted by Gasteiger charge is 2.22. The lowest BCUT2D eigenvalue weighted by atomic mass is 9.87. The first kappa shape index (κ1) is 14.8. The van der Waals surface area contributed by atoms with Gasteiger partial charge in [-0.3, -0.25) is 0 Å². The summed E-state index contributed by atoms with van der Waals surface area (Å²) in [6, 6.07) is 5.10. The fraction of sp³-hybridized carbons (Fsp3) is 0.222. The Morgan fingerprint density at radius 3 is 2.23 bits per heavy atom. The van der Waals surface area contributed by atoms with Gasteiger partial charge in [-0.05, 0) is 59.7 Å². The van der Waals surface area contributed by atoms with E-state index in [4.69, 9.17) is 0 Å². The van der Waals surface area contributed by atoms with E-state index in [1.807, 2.05) is 6.92 Å². The third-order valence-electron chi connectivity index (χ3n) is 4.04. The molecule has 2 aromatic carbocycles. The van der Waals surface area contributed by atoms with E-state index < -0.39 is 23.3 Å². The number of aryl methyl sites for hydroxylation is 1. The second kappa shape index (κ2) is 5.59. The van der Waals surface area contributed by atoms with Crippen LogP contribution in [-0.4, -0.2) is 0 Å². The first-order chi connectivity index (χ1) is 10.5. The van der Waals surface area contributed by atoms with Crippen molar-refractivity contribution in [2.45, 2.75) is 26.2 Å². The molecule has 0 aliphatic heterocycles. The van der Waals surface area contributed by atoms with Gasteiger partial charge in [0.25, 0.3) is 0 Å². The Hall–Kier alpha value is -2.10. The van der Waals surface area contributed by atoms with E-state index in [2.05, 4.69) is 0 Å². The largest absolute Gasteiger partial charge is 0.206 e. The van der Waals surface area contributed by atoms with Crippen molar-refractivity contribution in [3.05, 3.63) is 69.8 Å². The van der Waals surface area contributed by atoms with Crippen molar-refractivity contribution < 1.29 is 17.6 Å². The Bertz CT molecular complexity index is 752. The lowest BCUT2D eigenvalue weighted by Gasteiger charge is -2.19. The van der Waals surface area contributed by atoms with Crippen LogP contribution < -0.4 is 0 Å². The minimum absolute atomic E-state index is 0.0763. The predicted octanol–water partition coefficient (Wildman–Crippen LogP) is 5.29. The van der Waals surface area contributed by atoms with Crippen LogP contribution in [0.4, 0.5) is 17.6 Å². The molecule has 1 aliphatic rings. The number of fused-ring (bicyclic) bond motifs is 1. The second-order valence-electron chi connectivity index (χ2n) is 5.39. The molecule has 0 bridgehead atoms. The van der Waals surface area contributed by atoms with Crippen LogP contribution in [0.3, 0.4) is 0 Å². The molecular formula is C18H14F4. The molecule has 0 saturated carbocycles. The van der Waals surface area contributed by atoms with Gasteiger partial charge in [-0.25, -0.2) is 17.6 Å². The average Bonchev–Trinajstić information content (AvgIpc) is 2.50. The third-order valence-corrected chi connectivity index (χ3v) is 4.04. The molecule has 0 fully saturated rings. The molecule has 0 aromatic heterocycles. The molecule has 2 aromatic rings. The summed E-state index contributed by atoms with van der Waals surface area (Å²) in [4.78, 5) is 0. The van der Waals surface area contributed by atoms with Gasteiger partial charge in [0.05, 0.1) is 0 Å². The van der Waals surface area contributed by atoms with Crippen LogP contribution in [0.1, 0.15) is 35.6 Å². The van der Waals surface area contributed by atoms with E-state index in [-0.39, 0.29) is 24.0 Å². The van der Waals surface area contributed by atoms with Crippen LogP contribution in [0.15, 0.2) is 24.3 Å². The number of allylic oxidation sites excluding steroid dienone is 1. The van der Waals surface area contributed by atoms with Crippen LogP contribution in [0.25, 0.3) is 11.6 Å². The monoisotopic (exact) mass is 306 g/mol. The first-order valence-corrected chi connectivity index (χ1v) is 7.17. The molecule has 1 aliphatic carbocycles. The zero-order chi connectivity index (χ0) is 15.9. The molecule has 0 spiro atoms. The summed E-state index contributed by atoms with van der Waals surface area (Å²) in [6.45, 7) is 1.82. The van der Waals surface area contributed by atoms with Crippen LogP contribution in [0, 0.1) is 23.3 Å². The molecule has 114 valence electrons. The highest BCUT2D eigenvalue weighted by molar-refractivity contribution is 5.85. The van der Waals surface area contributed by atoms with Gasteiger partial charge in [-0.2, -0.15) is 0 Å². The van der Waals surface area contributed by atoms with E-state index in [1.165, 1.54) is 24.3 Å². The van der Waals surface area contributed by atoms with Crippen LogP contribution in [0.2, 0.25) is 0 Å². The Balaban J connectivity index is 2.11. The molecule has 0 saturated heterocycles. The third kappa shape index (κ3) is 2.43. The number of halogens is 4. The van der Waals surface area contributed by atoms with Gasteiger partial charge in [0.1, 0.15) is 11.6 Å². The van der Waals surface area contributed by atoms with Crippen molar-refractivity contribution in [2.75, 3.05) is 0 Å². The molecule has 3 rings (SSSR count). The van der Waals surface area contributed by atoms with Crippen molar-refractivity contribution in [2.24, 2.45) is 0 Å². The van der Waals surface area contributed by atoms with E-state index in [9.17, 15) is 17.6 Å². The normalized spacial score (nSPS) is 13.8. The standard InChI is InChI=1S/C18H14F4/c1-2-10-7-15(20)17(16(21)8-10)12-3-5-13-11(9-12)4-6-14(19)18(13)22/h4,6-9H,2-3,5H2,1H3. The molecule has 0 heterocycles. The predicted molar refractivity (Wildman–Crippen MR) is 78.3 cm³/mol. The van der Waals surface area contributed by atoms with Gasteiger partial charge in [-0.1, -0.05) is 19.1 Å². The maximum Gasteiger partial charge on any atom is 0.162 e. The zero-order valence-corrected chi connectivity index (χ0v) is 12.0. The van der Waals surface area contributed by atoms with Crippen molar-refractivity contribution in [1.29, 1.82) is 0 Å². The summed E-state index contributed by atoms with van der Waals surface area (Å²) in [7, 11) is 0. The average molecular weight is 306 g/mol. The van der Waals surface area contributed by atoms with Crippen LogP contribution in [-0.2, 0) is 12.8 Å². The highest BCUT2D eigenvalue weighted by Crippen LogP contribution is 2.35. The molecule has 0 N–H and O–H groups in total. The lowest BCUT2D eigenvalue weighted by molar-refractivity contribution is 0.498. The Morgan fingerprint density at radius 1 is 0.909 bits per heavy atom. The lowest BCUT2D eigenvalue weighted by Crippen LogP contribution is -2.06. The van der Waals surface area contributed by atoms with Crippen LogP contribution in [0.5, 0.6) is 0 Å². The van der Waals surface area contributed by atoms with Gasteiger partial charge in [0, 0.05) is 5.56 Å². The fourth-order valence-corrected chi connectivity index (χ4v) is 2.85. The number of benzene rings is 2. The molecule has 0 unspecified atom stereocenters. The zero-order valence-electron chi connectivity index (χ0n) is 12.0. The number of rotatable bonds is 2. The van der Waals surface area contributed by atoms with Crippen molar-refractivity contribution in [3.8, 4) is 0 Å². The highest BCUT2D eigenvalue weighted by atomic mass is 19.2. The van der Waals surface area contributed by atoms with Gasteiger partial charge >= 0.3 is 0 Å². The summed E-state index contributed by atoms with van der Waals surface area (Å²) in [6.07, 6.45) is 2.57. The summed E-state index contributed by atoms with van der Waals surface area (Å²) >= 11 is 0. The molecular weight excluding hydrogens is 292 g/mol. The summed E-state index contributed by atoms with van der Waals surface area (Å²) in [5.41, 5.74) is 1.71. The van der Waals surface area contributed by atoms with E-state index in [0.29, 0.717) is 23.1 Å². The van der Waals surface area contributed by atoms with Crippen molar-refractivity contribution in [1.82, 2.24) is 0 Å². The Labute approximate surface area is 126 Å². The summed E-state index contributed by atoms with van der Waals surface area (Å²) in [5, 5.41) is 0. The second-order valence-corrected chi connectivity index (χ2v) is 5.39. The summed E-state index contributed by atoms with van der Waals surface area (Å²) in [5.74, 6) is -3.02. The van der Waals surface area contributed by atoms with E-state index >= 15 is 0 Å².